The Labute approximate surface area is 171 Å². The Morgan fingerprint density at radius 1 is 1.24 bits per heavy atom. The van der Waals surface area contributed by atoms with Crippen LogP contribution >= 0.6 is 0 Å². The lowest BCUT2D eigenvalue weighted by Crippen LogP contribution is -2.49. The van der Waals surface area contributed by atoms with E-state index in [1.807, 2.05) is 43.9 Å². The van der Waals surface area contributed by atoms with Crippen molar-refractivity contribution in [1.29, 1.82) is 0 Å². The molecule has 1 fully saturated rings. The van der Waals surface area contributed by atoms with E-state index in [2.05, 4.69) is 21.8 Å². The molecule has 7 nitrogen and oxygen atoms in total. The zero-order chi connectivity index (χ0) is 21.1. The number of carboxylic acid groups (broad SMARTS) is 1. The van der Waals surface area contributed by atoms with Crippen LogP contribution in [0.4, 0.5) is 5.69 Å². The topological polar surface area (TPSA) is 88.7 Å². The summed E-state index contributed by atoms with van der Waals surface area (Å²) in [5.41, 5.74) is 3.38. The summed E-state index contributed by atoms with van der Waals surface area (Å²) in [6.07, 6.45) is 1.78. The monoisotopic (exact) mass is 398 g/mol. The van der Waals surface area contributed by atoms with Crippen LogP contribution in [-0.2, 0) is 9.59 Å². The Balaban J connectivity index is 1.80. The summed E-state index contributed by atoms with van der Waals surface area (Å²) in [4.78, 5) is 31.6. The average molecular weight is 399 g/mol. The maximum absolute atomic E-state index is 12.1. The Hall–Kier alpha value is -2.64. The standard InChI is InChI=1S/C22H30N4O3/c1-14(2)13-25-7-9-26(10-8-25)20(22(28)29)18-12-23-19-11-16(5-6-17(18)19)24-21(27)15(3)4/h5-6,11-12,15,20,23H,1,7-10,13H2,2-4H3,(H,24,27)(H,28,29)/t20-/m0/s1. The average Bonchev–Trinajstić information content (AvgIpc) is 3.05. The number of aromatic amines is 1. The third kappa shape index (κ3) is 4.86. The first-order valence-electron chi connectivity index (χ1n) is 10.0. The van der Waals surface area contributed by atoms with Crippen molar-refractivity contribution in [1.82, 2.24) is 14.8 Å². The number of amides is 1. The minimum absolute atomic E-state index is 0.0489. The van der Waals surface area contributed by atoms with Gasteiger partial charge in [0.15, 0.2) is 0 Å². The second-order valence-corrected chi connectivity index (χ2v) is 8.16. The number of carboxylic acids is 1. The summed E-state index contributed by atoms with van der Waals surface area (Å²) in [5.74, 6) is -1.01. The maximum atomic E-state index is 12.1. The molecule has 1 aromatic carbocycles. The van der Waals surface area contributed by atoms with Crippen LogP contribution in [0.3, 0.4) is 0 Å². The van der Waals surface area contributed by atoms with Crippen LogP contribution in [0, 0.1) is 5.92 Å². The highest BCUT2D eigenvalue weighted by atomic mass is 16.4. The smallest absolute Gasteiger partial charge is 0.325 e. The van der Waals surface area contributed by atoms with Gasteiger partial charge in [0.1, 0.15) is 6.04 Å². The van der Waals surface area contributed by atoms with Crippen molar-refractivity contribution in [2.24, 2.45) is 5.92 Å². The number of H-pyrrole nitrogens is 1. The molecule has 1 aromatic heterocycles. The summed E-state index contributed by atoms with van der Waals surface area (Å²) < 4.78 is 0. The van der Waals surface area contributed by atoms with E-state index in [4.69, 9.17) is 0 Å². The summed E-state index contributed by atoms with van der Waals surface area (Å²) in [6.45, 7) is 13.5. The third-order valence-corrected chi connectivity index (χ3v) is 5.30. The van der Waals surface area contributed by atoms with E-state index in [-0.39, 0.29) is 11.8 Å². The summed E-state index contributed by atoms with van der Waals surface area (Å²) in [7, 11) is 0. The lowest BCUT2D eigenvalue weighted by molar-refractivity contribution is -0.144. The number of carbonyl (C=O) groups excluding carboxylic acids is 1. The van der Waals surface area contributed by atoms with Gasteiger partial charge in [-0.1, -0.05) is 32.1 Å². The van der Waals surface area contributed by atoms with Crippen molar-refractivity contribution >= 4 is 28.5 Å². The molecule has 3 N–H and O–H groups in total. The molecule has 7 heteroatoms. The molecule has 0 radical (unpaired) electrons. The summed E-state index contributed by atoms with van der Waals surface area (Å²) >= 11 is 0. The van der Waals surface area contributed by atoms with E-state index in [9.17, 15) is 14.7 Å². The third-order valence-electron chi connectivity index (χ3n) is 5.30. The van der Waals surface area contributed by atoms with E-state index < -0.39 is 12.0 Å². The van der Waals surface area contributed by atoms with Gasteiger partial charge in [-0.2, -0.15) is 0 Å². The molecular weight excluding hydrogens is 368 g/mol. The van der Waals surface area contributed by atoms with Crippen molar-refractivity contribution in [3.8, 4) is 0 Å². The molecule has 0 saturated carbocycles. The van der Waals surface area contributed by atoms with Crippen LogP contribution < -0.4 is 5.32 Å². The molecule has 1 amide bonds. The number of piperazine rings is 1. The van der Waals surface area contributed by atoms with Crippen molar-refractivity contribution < 1.29 is 14.7 Å². The highest BCUT2D eigenvalue weighted by molar-refractivity contribution is 5.96. The van der Waals surface area contributed by atoms with Gasteiger partial charge in [-0.3, -0.25) is 19.4 Å². The number of aliphatic carboxylic acids is 1. The minimum atomic E-state index is -0.851. The van der Waals surface area contributed by atoms with Crippen LogP contribution in [0.25, 0.3) is 10.9 Å². The van der Waals surface area contributed by atoms with E-state index in [0.717, 1.165) is 41.7 Å². The van der Waals surface area contributed by atoms with Crippen molar-refractivity contribution in [2.45, 2.75) is 26.8 Å². The van der Waals surface area contributed by atoms with E-state index in [0.29, 0.717) is 18.8 Å². The number of anilines is 1. The molecule has 0 unspecified atom stereocenters. The normalized spacial score (nSPS) is 16.8. The molecule has 2 heterocycles. The number of nitrogens with one attached hydrogen (secondary N) is 2. The number of nitrogens with zero attached hydrogens (tertiary/aromatic N) is 2. The van der Waals surface area contributed by atoms with Crippen LogP contribution in [-0.4, -0.2) is 64.5 Å². The fourth-order valence-corrected chi connectivity index (χ4v) is 3.79. The van der Waals surface area contributed by atoms with Gasteiger partial charge in [0.2, 0.25) is 5.91 Å². The van der Waals surface area contributed by atoms with Crippen LogP contribution in [0.1, 0.15) is 32.4 Å². The number of rotatable bonds is 7. The lowest BCUT2D eigenvalue weighted by atomic mass is 10.0. The van der Waals surface area contributed by atoms with Crippen LogP contribution in [0.15, 0.2) is 36.5 Å². The molecule has 1 atom stereocenters. The Bertz CT molecular complexity index is 910. The van der Waals surface area contributed by atoms with Gasteiger partial charge in [-0.25, -0.2) is 0 Å². The van der Waals surface area contributed by atoms with Gasteiger partial charge in [-0.05, 0) is 19.1 Å². The van der Waals surface area contributed by atoms with Gasteiger partial charge >= 0.3 is 5.97 Å². The second-order valence-electron chi connectivity index (χ2n) is 8.16. The maximum Gasteiger partial charge on any atom is 0.325 e. The molecule has 0 spiro atoms. The van der Waals surface area contributed by atoms with Crippen molar-refractivity contribution in [3.05, 3.63) is 42.1 Å². The zero-order valence-electron chi connectivity index (χ0n) is 17.4. The molecule has 156 valence electrons. The van der Waals surface area contributed by atoms with E-state index in [1.54, 1.807) is 6.20 Å². The number of benzene rings is 1. The molecule has 0 aliphatic carbocycles. The fourth-order valence-electron chi connectivity index (χ4n) is 3.79. The fraction of sp³-hybridized carbons (Fsp3) is 0.455. The first-order chi connectivity index (χ1) is 13.8. The van der Waals surface area contributed by atoms with Gasteiger partial charge in [0, 0.05) is 67.0 Å². The number of fused-ring (bicyclic) bond motifs is 1. The zero-order valence-corrected chi connectivity index (χ0v) is 17.4. The quantitative estimate of drug-likeness (QED) is 0.624. The predicted octanol–water partition coefficient (Wildman–Crippen LogP) is 3.08. The van der Waals surface area contributed by atoms with E-state index >= 15 is 0 Å². The Morgan fingerprint density at radius 3 is 2.52 bits per heavy atom. The number of carbonyl (C=O) groups is 2. The van der Waals surface area contributed by atoms with E-state index in [1.165, 1.54) is 0 Å². The van der Waals surface area contributed by atoms with Gasteiger partial charge in [0.25, 0.3) is 0 Å². The first-order valence-corrected chi connectivity index (χ1v) is 10.0. The number of hydrogen-bond acceptors (Lipinski definition) is 4. The minimum Gasteiger partial charge on any atom is -0.480 e. The lowest BCUT2D eigenvalue weighted by Gasteiger charge is -2.37. The van der Waals surface area contributed by atoms with Crippen LogP contribution in [0.2, 0.25) is 0 Å². The summed E-state index contributed by atoms with van der Waals surface area (Å²) in [6, 6.07) is 4.85. The number of hydrogen-bond donors (Lipinski definition) is 3. The SMILES string of the molecule is C=C(C)CN1CCN([C@H](C(=O)O)c2c[nH]c3cc(NC(=O)C(C)C)ccc23)CC1. The molecular formula is C22H30N4O3. The molecule has 2 aromatic rings. The summed E-state index contributed by atoms with van der Waals surface area (Å²) in [5, 5.41) is 13.7. The van der Waals surface area contributed by atoms with Gasteiger partial charge in [0.05, 0.1) is 0 Å². The molecule has 3 rings (SSSR count). The second kappa shape index (κ2) is 8.80. The van der Waals surface area contributed by atoms with Gasteiger partial charge < -0.3 is 15.4 Å². The largest absolute Gasteiger partial charge is 0.480 e. The Kier molecular flexibility index (Phi) is 6.39. The Morgan fingerprint density at radius 2 is 1.93 bits per heavy atom. The highest BCUT2D eigenvalue weighted by Gasteiger charge is 2.32. The number of aromatic nitrogens is 1. The molecule has 1 saturated heterocycles. The predicted molar refractivity (Wildman–Crippen MR) is 115 cm³/mol. The van der Waals surface area contributed by atoms with Crippen molar-refractivity contribution in [2.75, 3.05) is 38.0 Å². The highest BCUT2D eigenvalue weighted by Crippen LogP contribution is 2.31. The molecule has 29 heavy (non-hydrogen) atoms. The van der Waals surface area contributed by atoms with Gasteiger partial charge in [-0.15, -0.1) is 0 Å². The molecule has 1 aliphatic heterocycles. The first kappa shape index (κ1) is 21.1. The van der Waals surface area contributed by atoms with Crippen LogP contribution in [0.5, 0.6) is 0 Å². The molecule has 1 aliphatic rings. The van der Waals surface area contributed by atoms with Crippen molar-refractivity contribution in [3.63, 3.8) is 0 Å². The molecule has 0 bridgehead atoms.